The number of rotatable bonds is 9. The van der Waals surface area contributed by atoms with Crippen LogP contribution in [0, 0.1) is 0 Å². The molecule has 0 spiro atoms. The quantitative estimate of drug-likeness (QED) is 0.348. The van der Waals surface area contributed by atoms with Crippen LogP contribution in [-0.4, -0.2) is 30.7 Å². The minimum Gasteiger partial charge on any atom is -0.322 e. The van der Waals surface area contributed by atoms with Crippen molar-refractivity contribution in [2.45, 2.75) is 5.75 Å². The van der Waals surface area contributed by atoms with Gasteiger partial charge >= 0.3 is 0 Å². The molecule has 0 aliphatic carbocycles. The highest BCUT2D eigenvalue weighted by molar-refractivity contribution is 7.88. The van der Waals surface area contributed by atoms with E-state index in [1.807, 2.05) is 47.8 Å². The first-order valence-corrected chi connectivity index (χ1v) is 12.7. The molecule has 4 aromatic rings. The predicted octanol–water partition coefficient (Wildman–Crippen LogP) is 4.46. The van der Waals surface area contributed by atoms with E-state index in [4.69, 9.17) is 0 Å². The van der Waals surface area contributed by atoms with Gasteiger partial charge in [-0.15, -0.1) is 17.9 Å². The predicted molar refractivity (Wildman–Crippen MR) is 132 cm³/mol. The van der Waals surface area contributed by atoms with Crippen LogP contribution in [0.1, 0.15) is 15.9 Å². The fourth-order valence-electron chi connectivity index (χ4n) is 3.19. The molecule has 0 atom stereocenters. The highest BCUT2D eigenvalue weighted by Gasteiger charge is 2.20. The first-order chi connectivity index (χ1) is 15.9. The SMILES string of the molecule is C=CCNS(=O)(=O)Cc1ccc(NC(=O)c2cn(-c3ccccc3)nc2-c2cccs2)cc1. The molecule has 0 radical (unpaired) electrons. The summed E-state index contributed by atoms with van der Waals surface area (Å²) in [5, 5.41) is 9.47. The maximum atomic E-state index is 13.1. The maximum absolute atomic E-state index is 13.1. The minimum absolute atomic E-state index is 0.151. The second kappa shape index (κ2) is 9.95. The summed E-state index contributed by atoms with van der Waals surface area (Å²) >= 11 is 1.51. The lowest BCUT2D eigenvalue weighted by Crippen LogP contribution is -2.25. The van der Waals surface area contributed by atoms with Crippen molar-refractivity contribution in [3.05, 3.63) is 102 Å². The first kappa shape index (κ1) is 22.7. The molecule has 2 heterocycles. The van der Waals surface area contributed by atoms with Crippen molar-refractivity contribution in [2.75, 3.05) is 11.9 Å². The van der Waals surface area contributed by atoms with Crippen LogP contribution in [0.15, 0.2) is 91.0 Å². The molecule has 0 fully saturated rings. The van der Waals surface area contributed by atoms with Crippen LogP contribution in [0.3, 0.4) is 0 Å². The third kappa shape index (κ3) is 5.64. The summed E-state index contributed by atoms with van der Waals surface area (Å²) in [6.07, 6.45) is 3.20. The van der Waals surface area contributed by atoms with Crippen molar-refractivity contribution in [1.82, 2.24) is 14.5 Å². The van der Waals surface area contributed by atoms with Crippen LogP contribution in [0.4, 0.5) is 5.69 Å². The molecule has 1 amide bonds. The van der Waals surface area contributed by atoms with E-state index in [0.29, 0.717) is 22.5 Å². The molecule has 0 aliphatic rings. The number of para-hydroxylation sites is 1. The second-order valence-corrected chi connectivity index (χ2v) is 9.95. The van der Waals surface area contributed by atoms with E-state index >= 15 is 0 Å². The number of hydrogen-bond acceptors (Lipinski definition) is 5. The number of carbonyl (C=O) groups excluding carboxylic acids is 1. The van der Waals surface area contributed by atoms with Gasteiger partial charge in [0, 0.05) is 18.4 Å². The van der Waals surface area contributed by atoms with Gasteiger partial charge in [0.2, 0.25) is 10.0 Å². The average Bonchev–Trinajstić information content (AvgIpc) is 3.49. The lowest BCUT2D eigenvalue weighted by atomic mass is 10.2. The van der Waals surface area contributed by atoms with E-state index < -0.39 is 10.0 Å². The largest absolute Gasteiger partial charge is 0.322 e. The Morgan fingerprint density at radius 1 is 1.06 bits per heavy atom. The zero-order chi connectivity index (χ0) is 23.3. The number of benzene rings is 2. The molecule has 0 unspecified atom stereocenters. The van der Waals surface area contributed by atoms with Crippen molar-refractivity contribution in [2.24, 2.45) is 0 Å². The third-order valence-electron chi connectivity index (χ3n) is 4.75. The number of hydrogen-bond donors (Lipinski definition) is 2. The van der Waals surface area contributed by atoms with Gasteiger partial charge in [-0.05, 0) is 41.3 Å². The van der Waals surface area contributed by atoms with Gasteiger partial charge < -0.3 is 5.32 Å². The normalized spacial score (nSPS) is 11.3. The molecule has 0 saturated heterocycles. The lowest BCUT2D eigenvalue weighted by molar-refractivity contribution is 0.102. The van der Waals surface area contributed by atoms with Gasteiger partial charge in [-0.1, -0.05) is 42.5 Å². The number of nitrogens with zero attached hydrogens (tertiary/aromatic N) is 2. The van der Waals surface area contributed by atoms with Gasteiger partial charge in [-0.25, -0.2) is 17.8 Å². The Bertz CT molecular complexity index is 1340. The van der Waals surface area contributed by atoms with Gasteiger partial charge in [0.1, 0.15) is 5.69 Å². The van der Waals surface area contributed by atoms with Crippen molar-refractivity contribution in [3.63, 3.8) is 0 Å². The Kier molecular flexibility index (Phi) is 6.83. The molecule has 2 aromatic heterocycles. The molecule has 168 valence electrons. The smallest absolute Gasteiger partial charge is 0.259 e. The molecule has 4 rings (SSSR count). The number of sulfonamides is 1. The number of aromatic nitrogens is 2. The number of thiophene rings is 1. The molecule has 7 nitrogen and oxygen atoms in total. The van der Waals surface area contributed by atoms with Crippen LogP contribution in [0.2, 0.25) is 0 Å². The Morgan fingerprint density at radius 3 is 2.48 bits per heavy atom. The molecule has 0 aliphatic heterocycles. The van der Waals surface area contributed by atoms with E-state index in [-0.39, 0.29) is 18.2 Å². The Labute approximate surface area is 196 Å². The molecule has 2 N–H and O–H groups in total. The lowest BCUT2D eigenvalue weighted by Gasteiger charge is -2.08. The molecule has 0 bridgehead atoms. The minimum atomic E-state index is -3.45. The van der Waals surface area contributed by atoms with Crippen molar-refractivity contribution in [3.8, 4) is 16.3 Å². The number of carbonyl (C=O) groups is 1. The van der Waals surface area contributed by atoms with Gasteiger partial charge in [-0.2, -0.15) is 5.10 Å². The van der Waals surface area contributed by atoms with E-state index in [0.717, 1.165) is 10.6 Å². The molecule has 9 heteroatoms. The zero-order valence-electron chi connectivity index (χ0n) is 17.6. The number of anilines is 1. The Balaban J connectivity index is 1.55. The fraction of sp³-hybridized carbons (Fsp3) is 0.0833. The zero-order valence-corrected chi connectivity index (χ0v) is 19.3. The summed E-state index contributed by atoms with van der Waals surface area (Å²) < 4.78 is 28.2. The van der Waals surface area contributed by atoms with E-state index in [1.165, 1.54) is 17.4 Å². The summed E-state index contributed by atoms with van der Waals surface area (Å²) in [6.45, 7) is 3.68. The topological polar surface area (TPSA) is 93.1 Å². The summed E-state index contributed by atoms with van der Waals surface area (Å²) in [7, 11) is -3.45. The van der Waals surface area contributed by atoms with Gasteiger partial charge in [-0.3, -0.25) is 4.79 Å². The maximum Gasteiger partial charge on any atom is 0.259 e. The molecule has 33 heavy (non-hydrogen) atoms. The summed E-state index contributed by atoms with van der Waals surface area (Å²) in [5.74, 6) is -0.449. The summed E-state index contributed by atoms with van der Waals surface area (Å²) in [5.41, 5.74) is 3.07. The molecule has 2 aromatic carbocycles. The Hall–Kier alpha value is -3.53. The van der Waals surface area contributed by atoms with Gasteiger partial charge in [0.05, 0.1) is 21.9 Å². The van der Waals surface area contributed by atoms with Crippen molar-refractivity contribution >= 4 is 33.0 Å². The third-order valence-corrected chi connectivity index (χ3v) is 6.95. The fourth-order valence-corrected chi connectivity index (χ4v) is 5.02. The molecular formula is C24H22N4O3S2. The second-order valence-electron chi connectivity index (χ2n) is 7.20. The van der Waals surface area contributed by atoms with Gasteiger partial charge in [0.25, 0.3) is 5.91 Å². The van der Waals surface area contributed by atoms with E-state index in [2.05, 4.69) is 21.7 Å². The van der Waals surface area contributed by atoms with Gasteiger partial charge in [0.15, 0.2) is 0 Å². The van der Waals surface area contributed by atoms with E-state index in [9.17, 15) is 13.2 Å². The standard InChI is InChI=1S/C24H22N4O3S2/c1-2-14-25-33(30,31)17-18-10-12-19(13-11-18)26-24(29)21-16-28(20-7-4-3-5-8-20)27-23(21)22-9-6-15-32-22/h2-13,15-16,25H,1,14,17H2,(H,26,29). The summed E-state index contributed by atoms with van der Waals surface area (Å²) in [6, 6.07) is 20.2. The van der Waals surface area contributed by atoms with Crippen LogP contribution < -0.4 is 10.0 Å². The van der Waals surface area contributed by atoms with Crippen LogP contribution in [0.25, 0.3) is 16.3 Å². The van der Waals surface area contributed by atoms with Crippen LogP contribution in [0.5, 0.6) is 0 Å². The molecular weight excluding hydrogens is 456 g/mol. The van der Waals surface area contributed by atoms with Crippen LogP contribution >= 0.6 is 11.3 Å². The Morgan fingerprint density at radius 2 is 1.82 bits per heavy atom. The first-order valence-electron chi connectivity index (χ1n) is 10.1. The van der Waals surface area contributed by atoms with Crippen molar-refractivity contribution in [1.29, 1.82) is 0 Å². The highest BCUT2D eigenvalue weighted by atomic mass is 32.2. The number of nitrogens with one attached hydrogen (secondary N) is 2. The monoisotopic (exact) mass is 478 g/mol. The molecule has 0 saturated carbocycles. The number of amides is 1. The van der Waals surface area contributed by atoms with E-state index in [1.54, 1.807) is 35.1 Å². The van der Waals surface area contributed by atoms with Crippen molar-refractivity contribution < 1.29 is 13.2 Å². The summed E-state index contributed by atoms with van der Waals surface area (Å²) in [4.78, 5) is 14.0. The van der Waals surface area contributed by atoms with Crippen LogP contribution in [-0.2, 0) is 15.8 Å². The average molecular weight is 479 g/mol. The highest BCUT2D eigenvalue weighted by Crippen LogP contribution is 2.28.